The SMILES string of the molecule is CC(C)(C)[Si](C)(C)O[C@H]1CC[N@+](CO)(C(=O)OCc2ccccc2)C1. The minimum absolute atomic E-state index is 0.00248. The molecule has 0 bridgehead atoms. The predicted octanol–water partition coefficient (Wildman–Crippen LogP) is 3.88. The quantitative estimate of drug-likeness (QED) is 0.635. The van der Waals surface area contributed by atoms with Gasteiger partial charge in [-0.1, -0.05) is 51.1 Å². The van der Waals surface area contributed by atoms with E-state index >= 15 is 0 Å². The molecule has 1 aliphatic heterocycles. The molecule has 0 unspecified atom stereocenters. The molecule has 1 aromatic rings. The maximum absolute atomic E-state index is 12.6. The number of hydrogen-bond donors (Lipinski definition) is 1. The van der Waals surface area contributed by atoms with Crippen molar-refractivity contribution in [3.8, 4) is 0 Å². The number of ether oxygens (including phenoxy) is 1. The highest BCUT2D eigenvalue weighted by atomic mass is 28.4. The Balaban J connectivity index is 1.98. The van der Waals surface area contributed by atoms with Gasteiger partial charge in [0.05, 0.1) is 6.54 Å². The number of likely N-dealkylation sites (tertiary alicyclic amines) is 1. The number of amides is 1. The van der Waals surface area contributed by atoms with E-state index in [1.807, 2.05) is 30.3 Å². The summed E-state index contributed by atoms with van der Waals surface area (Å²) < 4.78 is 11.9. The van der Waals surface area contributed by atoms with E-state index in [2.05, 4.69) is 33.9 Å². The van der Waals surface area contributed by atoms with Gasteiger partial charge in [0.2, 0.25) is 0 Å². The zero-order chi connectivity index (χ0) is 18.7. The number of carbonyl (C=O) groups is 1. The summed E-state index contributed by atoms with van der Waals surface area (Å²) in [4.78, 5) is 12.6. The Morgan fingerprint density at radius 2 is 1.92 bits per heavy atom. The first-order chi connectivity index (χ1) is 11.6. The second-order valence-corrected chi connectivity index (χ2v) is 13.3. The van der Waals surface area contributed by atoms with Gasteiger partial charge in [0.15, 0.2) is 15.0 Å². The lowest BCUT2D eigenvalue weighted by Crippen LogP contribution is -2.53. The molecule has 25 heavy (non-hydrogen) atoms. The molecule has 0 aliphatic carbocycles. The van der Waals surface area contributed by atoms with Crippen molar-refractivity contribution in [1.29, 1.82) is 0 Å². The molecule has 1 N–H and O–H groups in total. The summed E-state index contributed by atoms with van der Waals surface area (Å²) in [5, 5.41) is 10.0. The number of aliphatic hydroxyl groups excluding tert-OH is 1. The van der Waals surface area contributed by atoms with Crippen molar-refractivity contribution in [3.05, 3.63) is 35.9 Å². The van der Waals surface area contributed by atoms with E-state index in [1.54, 1.807) is 0 Å². The van der Waals surface area contributed by atoms with Gasteiger partial charge in [-0.05, 0) is 23.7 Å². The van der Waals surface area contributed by atoms with E-state index in [9.17, 15) is 9.90 Å². The van der Waals surface area contributed by atoms with Crippen molar-refractivity contribution in [3.63, 3.8) is 0 Å². The maximum Gasteiger partial charge on any atom is 0.518 e. The van der Waals surface area contributed by atoms with Crippen molar-refractivity contribution in [2.45, 2.75) is 58.0 Å². The second kappa shape index (κ2) is 7.58. The summed E-state index contributed by atoms with van der Waals surface area (Å²) in [5.41, 5.74) is 0.945. The van der Waals surface area contributed by atoms with Gasteiger partial charge < -0.3 is 14.3 Å². The molecule has 1 saturated heterocycles. The molecule has 140 valence electrons. The number of benzene rings is 1. The Bertz CT molecular complexity index is 585. The smallest absolute Gasteiger partial charge is 0.415 e. The zero-order valence-corrected chi connectivity index (χ0v) is 17.1. The third kappa shape index (κ3) is 4.70. The first-order valence-corrected chi connectivity index (χ1v) is 11.9. The molecule has 0 spiro atoms. The number of quaternary nitrogens is 1. The summed E-state index contributed by atoms with van der Waals surface area (Å²) >= 11 is 0. The monoisotopic (exact) mass is 366 g/mol. The van der Waals surface area contributed by atoms with Crippen LogP contribution in [0, 0.1) is 0 Å². The van der Waals surface area contributed by atoms with Crippen LogP contribution in [-0.2, 0) is 15.8 Å². The van der Waals surface area contributed by atoms with Crippen LogP contribution in [0.2, 0.25) is 18.1 Å². The number of aliphatic hydroxyl groups is 1. The first-order valence-electron chi connectivity index (χ1n) is 8.96. The van der Waals surface area contributed by atoms with Crippen LogP contribution in [-0.4, -0.2) is 49.9 Å². The number of nitrogens with zero attached hydrogens (tertiary/aromatic N) is 1. The van der Waals surface area contributed by atoms with E-state index in [4.69, 9.17) is 9.16 Å². The van der Waals surface area contributed by atoms with E-state index < -0.39 is 8.32 Å². The van der Waals surface area contributed by atoms with E-state index in [0.29, 0.717) is 13.1 Å². The lowest BCUT2D eigenvalue weighted by molar-refractivity contribution is -0.866. The van der Waals surface area contributed by atoms with Crippen molar-refractivity contribution >= 4 is 14.4 Å². The summed E-state index contributed by atoms with van der Waals surface area (Å²) in [5.74, 6) is 0. The first kappa shape index (κ1) is 20.1. The third-order valence-corrected chi connectivity index (χ3v) is 10.1. The van der Waals surface area contributed by atoms with E-state index in [1.165, 1.54) is 0 Å². The maximum atomic E-state index is 12.6. The Morgan fingerprint density at radius 3 is 2.48 bits per heavy atom. The fourth-order valence-corrected chi connectivity index (χ4v) is 4.24. The molecule has 6 heteroatoms. The van der Waals surface area contributed by atoms with Crippen molar-refractivity contribution in [2.75, 3.05) is 19.8 Å². The molecule has 5 nitrogen and oxygen atoms in total. The van der Waals surface area contributed by atoms with Gasteiger partial charge in [-0.15, -0.1) is 0 Å². The Hall–Kier alpha value is -1.21. The molecule has 2 rings (SSSR count). The van der Waals surface area contributed by atoms with Crippen LogP contribution in [0.15, 0.2) is 30.3 Å². The number of rotatable bonds is 5. The standard InChI is InChI=1S/C19H32NO4Si/c1-19(2,3)25(4,5)24-17-11-12-20(13-17,15-21)18(22)23-14-16-9-7-6-8-10-16/h6-10,17,21H,11-15H2,1-5H3/q+1/t17-,20-/m0/s1. The van der Waals surface area contributed by atoms with E-state index in [-0.39, 0.29) is 35.1 Å². The highest BCUT2D eigenvalue weighted by Crippen LogP contribution is 2.39. The van der Waals surface area contributed by atoms with Crippen LogP contribution >= 0.6 is 0 Å². The van der Waals surface area contributed by atoms with Crippen LogP contribution in [0.3, 0.4) is 0 Å². The molecule has 1 aromatic carbocycles. The molecular formula is C19H32NO4Si+. The molecule has 2 atom stereocenters. The van der Waals surface area contributed by atoms with Gasteiger partial charge in [0.25, 0.3) is 0 Å². The zero-order valence-electron chi connectivity index (χ0n) is 16.1. The third-order valence-electron chi connectivity index (χ3n) is 5.56. The fourth-order valence-electron chi connectivity index (χ4n) is 2.86. The molecule has 1 aliphatic rings. The van der Waals surface area contributed by atoms with Gasteiger partial charge in [-0.3, -0.25) is 0 Å². The summed E-state index contributed by atoms with van der Waals surface area (Å²) in [6, 6.07) is 9.60. The highest BCUT2D eigenvalue weighted by Gasteiger charge is 2.49. The van der Waals surface area contributed by atoms with Gasteiger partial charge in [-0.2, -0.15) is 9.28 Å². The van der Waals surface area contributed by atoms with Crippen molar-refractivity contribution < 1.29 is 23.5 Å². The highest BCUT2D eigenvalue weighted by molar-refractivity contribution is 6.74. The Kier molecular flexibility index (Phi) is 6.09. The normalized spacial score (nSPS) is 24.3. The van der Waals surface area contributed by atoms with Gasteiger partial charge in [0, 0.05) is 6.42 Å². The molecule has 0 saturated carbocycles. The van der Waals surface area contributed by atoms with E-state index in [0.717, 1.165) is 12.0 Å². The molecule has 1 heterocycles. The Labute approximate surface area is 152 Å². The van der Waals surface area contributed by atoms with Crippen LogP contribution in [0.4, 0.5) is 4.79 Å². The van der Waals surface area contributed by atoms with Crippen LogP contribution in [0.1, 0.15) is 32.8 Å². The van der Waals surface area contributed by atoms with Crippen LogP contribution < -0.4 is 0 Å². The molecule has 1 fully saturated rings. The van der Waals surface area contributed by atoms with Crippen molar-refractivity contribution in [1.82, 2.24) is 0 Å². The summed E-state index contributed by atoms with van der Waals surface area (Å²) in [7, 11) is -1.89. The molecular weight excluding hydrogens is 334 g/mol. The van der Waals surface area contributed by atoms with Crippen LogP contribution in [0.25, 0.3) is 0 Å². The topological polar surface area (TPSA) is 55.8 Å². The van der Waals surface area contributed by atoms with Gasteiger partial charge in [0.1, 0.15) is 19.3 Å². The lowest BCUT2D eigenvalue weighted by atomic mass is 10.2. The minimum Gasteiger partial charge on any atom is -0.415 e. The Morgan fingerprint density at radius 1 is 1.28 bits per heavy atom. The average Bonchev–Trinajstić information content (AvgIpc) is 2.96. The number of hydrogen-bond acceptors (Lipinski definition) is 4. The number of carbonyl (C=O) groups excluding carboxylic acids is 1. The largest absolute Gasteiger partial charge is 0.518 e. The fraction of sp³-hybridized carbons (Fsp3) is 0.632. The van der Waals surface area contributed by atoms with Gasteiger partial charge in [-0.25, -0.2) is 0 Å². The molecule has 0 radical (unpaired) electrons. The van der Waals surface area contributed by atoms with Gasteiger partial charge >= 0.3 is 6.09 Å². The average molecular weight is 367 g/mol. The van der Waals surface area contributed by atoms with Crippen molar-refractivity contribution in [2.24, 2.45) is 0 Å². The second-order valence-electron chi connectivity index (χ2n) is 8.52. The molecule has 0 aromatic heterocycles. The summed E-state index contributed by atoms with van der Waals surface area (Å²) in [6.07, 6.45) is 0.401. The summed E-state index contributed by atoms with van der Waals surface area (Å²) in [6.45, 7) is 12.1. The molecule has 1 amide bonds. The minimum atomic E-state index is -1.89. The van der Waals surface area contributed by atoms with Crippen LogP contribution in [0.5, 0.6) is 0 Å². The lowest BCUT2D eigenvalue weighted by Gasteiger charge is -2.38. The predicted molar refractivity (Wildman–Crippen MR) is 100 cm³/mol.